The number of aryl methyl sites for hydroxylation is 1. The molecule has 3 aromatic rings. The van der Waals surface area contributed by atoms with Gasteiger partial charge in [-0.05, 0) is 49.1 Å². The SMILES string of the molecule is Cc1cccc(/C=C(/C(=O)O[C@@H](C)C(=O)Nc2ccccc2C#N)c2cccs2)c1. The number of nitrogens with one attached hydrogen (secondary N) is 1. The summed E-state index contributed by atoms with van der Waals surface area (Å²) >= 11 is 1.42. The van der Waals surface area contributed by atoms with Gasteiger partial charge in [0.1, 0.15) is 6.07 Å². The van der Waals surface area contributed by atoms with E-state index in [1.54, 1.807) is 30.3 Å². The molecule has 30 heavy (non-hydrogen) atoms. The largest absolute Gasteiger partial charge is 0.449 e. The lowest BCUT2D eigenvalue weighted by Crippen LogP contribution is -2.30. The van der Waals surface area contributed by atoms with E-state index in [-0.39, 0.29) is 0 Å². The van der Waals surface area contributed by atoms with E-state index < -0.39 is 18.0 Å². The van der Waals surface area contributed by atoms with E-state index in [0.29, 0.717) is 16.8 Å². The summed E-state index contributed by atoms with van der Waals surface area (Å²) < 4.78 is 5.45. The lowest BCUT2D eigenvalue weighted by atomic mass is 10.1. The molecule has 1 aromatic heterocycles. The van der Waals surface area contributed by atoms with Crippen LogP contribution in [0.1, 0.15) is 28.5 Å². The molecule has 5 nitrogen and oxygen atoms in total. The van der Waals surface area contributed by atoms with Gasteiger partial charge in [-0.1, -0.05) is 48.0 Å². The van der Waals surface area contributed by atoms with E-state index in [4.69, 9.17) is 10.00 Å². The molecule has 0 radical (unpaired) electrons. The number of hydrogen-bond donors (Lipinski definition) is 1. The maximum Gasteiger partial charge on any atom is 0.340 e. The van der Waals surface area contributed by atoms with E-state index >= 15 is 0 Å². The van der Waals surface area contributed by atoms with Crippen LogP contribution < -0.4 is 5.32 Å². The molecule has 1 N–H and O–H groups in total. The summed E-state index contributed by atoms with van der Waals surface area (Å²) in [5, 5.41) is 13.7. The number of ether oxygens (including phenoxy) is 1. The normalized spacial score (nSPS) is 12.0. The Labute approximate surface area is 179 Å². The summed E-state index contributed by atoms with van der Waals surface area (Å²) in [5.41, 5.74) is 3.04. The van der Waals surface area contributed by atoms with Crippen LogP contribution in [0.25, 0.3) is 11.6 Å². The van der Waals surface area contributed by atoms with Gasteiger partial charge >= 0.3 is 5.97 Å². The Morgan fingerprint density at radius 3 is 2.63 bits per heavy atom. The van der Waals surface area contributed by atoms with Gasteiger partial charge in [-0.25, -0.2) is 4.79 Å². The van der Waals surface area contributed by atoms with E-state index in [1.165, 1.54) is 18.3 Å². The fraction of sp³-hybridized carbons (Fsp3) is 0.125. The summed E-state index contributed by atoms with van der Waals surface area (Å²) in [5.74, 6) is -1.10. The first kappa shape index (κ1) is 21.0. The van der Waals surface area contributed by atoms with Crippen molar-refractivity contribution in [2.45, 2.75) is 20.0 Å². The first-order valence-electron chi connectivity index (χ1n) is 9.31. The number of anilines is 1. The summed E-state index contributed by atoms with van der Waals surface area (Å²) in [6.45, 7) is 3.48. The van der Waals surface area contributed by atoms with Crippen LogP contribution in [0.2, 0.25) is 0 Å². The Balaban J connectivity index is 1.78. The fourth-order valence-corrected chi connectivity index (χ4v) is 3.52. The Bertz CT molecular complexity index is 1130. The number of thiophene rings is 1. The molecule has 0 saturated heterocycles. The van der Waals surface area contributed by atoms with Gasteiger partial charge in [0.25, 0.3) is 5.91 Å². The monoisotopic (exact) mass is 416 g/mol. The highest BCUT2D eigenvalue weighted by Gasteiger charge is 2.22. The second-order valence-corrected chi connectivity index (χ2v) is 7.59. The second kappa shape index (κ2) is 9.68. The van der Waals surface area contributed by atoms with Gasteiger partial charge in [-0.2, -0.15) is 5.26 Å². The maximum absolute atomic E-state index is 12.9. The number of carbonyl (C=O) groups excluding carboxylic acids is 2. The van der Waals surface area contributed by atoms with Crippen LogP contribution in [0.4, 0.5) is 5.69 Å². The average molecular weight is 417 g/mol. The number of esters is 1. The minimum absolute atomic E-state index is 0.336. The third-order valence-corrected chi connectivity index (χ3v) is 5.22. The highest BCUT2D eigenvalue weighted by Crippen LogP contribution is 2.25. The van der Waals surface area contributed by atoms with E-state index in [0.717, 1.165) is 16.0 Å². The predicted octanol–water partition coefficient (Wildman–Crippen LogP) is 5.04. The first-order chi connectivity index (χ1) is 14.5. The quantitative estimate of drug-likeness (QED) is 0.451. The average Bonchev–Trinajstić information content (AvgIpc) is 3.26. The number of hydrogen-bond acceptors (Lipinski definition) is 5. The lowest BCUT2D eigenvalue weighted by molar-refractivity contribution is -0.147. The molecule has 0 spiro atoms. The highest BCUT2D eigenvalue weighted by atomic mass is 32.1. The molecule has 1 atom stereocenters. The Morgan fingerprint density at radius 1 is 1.13 bits per heavy atom. The van der Waals surface area contributed by atoms with Crippen molar-refractivity contribution in [1.29, 1.82) is 5.26 Å². The van der Waals surface area contributed by atoms with E-state index in [9.17, 15) is 9.59 Å². The third kappa shape index (κ3) is 5.22. The van der Waals surface area contributed by atoms with E-state index in [1.807, 2.05) is 54.8 Å². The number of carbonyl (C=O) groups is 2. The number of para-hydroxylation sites is 1. The predicted molar refractivity (Wildman–Crippen MR) is 119 cm³/mol. The zero-order valence-electron chi connectivity index (χ0n) is 16.6. The van der Waals surface area contributed by atoms with Crippen molar-refractivity contribution in [2.75, 3.05) is 5.32 Å². The molecule has 3 rings (SSSR count). The fourth-order valence-electron chi connectivity index (χ4n) is 2.79. The molecular formula is C24H20N2O3S. The molecule has 0 bridgehead atoms. The standard InChI is InChI=1S/C24H20N2O3S/c1-16-7-5-8-18(13-16)14-20(22-11-6-12-30-22)24(28)29-17(2)23(27)26-21-10-4-3-9-19(21)15-25/h3-14,17H,1-2H3,(H,26,27)/b20-14+/t17-/m0/s1. The Morgan fingerprint density at radius 2 is 1.93 bits per heavy atom. The number of benzene rings is 2. The van der Waals surface area contributed by atoms with Crippen LogP contribution >= 0.6 is 11.3 Å². The van der Waals surface area contributed by atoms with Gasteiger partial charge in [-0.15, -0.1) is 11.3 Å². The zero-order valence-corrected chi connectivity index (χ0v) is 17.4. The summed E-state index contributed by atoms with van der Waals surface area (Å²) in [6.07, 6.45) is 0.724. The van der Waals surface area contributed by atoms with Crippen LogP contribution in [0.15, 0.2) is 66.0 Å². The van der Waals surface area contributed by atoms with Crippen LogP contribution in [0, 0.1) is 18.3 Å². The van der Waals surface area contributed by atoms with Crippen molar-refractivity contribution in [2.24, 2.45) is 0 Å². The highest BCUT2D eigenvalue weighted by molar-refractivity contribution is 7.11. The molecule has 0 saturated carbocycles. The van der Waals surface area contributed by atoms with Crippen molar-refractivity contribution in [3.8, 4) is 6.07 Å². The van der Waals surface area contributed by atoms with Crippen LogP contribution in [-0.4, -0.2) is 18.0 Å². The smallest absolute Gasteiger partial charge is 0.340 e. The molecule has 0 unspecified atom stereocenters. The van der Waals surface area contributed by atoms with Crippen molar-refractivity contribution >= 4 is 40.5 Å². The number of rotatable bonds is 6. The van der Waals surface area contributed by atoms with Crippen molar-refractivity contribution in [1.82, 2.24) is 0 Å². The van der Waals surface area contributed by atoms with Gasteiger partial charge in [0.2, 0.25) is 0 Å². The molecule has 6 heteroatoms. The number of amides is 1. The molecule has 1 amide bonds. The second-order valence-electron chi connectivity index (χ2n) is 6.64. The zero-order chi connectivity index (χ0) is 21.5. The van der Waals surface area contributed by atoms with Crippen molar-refractivity contribution < 1.29 is 14.3 Å². The molecule has 150 valence electrons. The summed E-state index contributed by atoms with van der Waals surface area (Å²) in [7, 11) is 0. The van der Waals surface area contributed by atoms with E-state index in [2.05, 4.69) is 5.32 Å². The van der Waals surface area contributed by atoms with Crippen LogP contribution in [0.3, 0.4) is 0 Å². The van der Waals surface area contributed by atoms with Crippen molar-refractivity contribution in [3.05, 3.63) is 87.6 Å². The summed E-state index contributed by atoms with van der Waals surface area (Å²) in [4.78, 5) is 26.2. The molecule has 0 aliphatic heterocycles. The van der Waals surface area contributed by atoms with Crippen LogP contribution in [-0.2, 0) is 14.3 Å². The summed E-state index contributed by atoms with van der Waals surface area (Å²) in [6, 6.07) is 20.1. The van der Waals surface area contributed by atoms with Crippen LogP contribution in [0.5, 0.6) is 0 Å². The van der Waals surface area contributed by atoms with Crippen molar-refractivity contribution in [3.63, 3.8) is 0 Å². The van der Waals surface area contributed by atoms with Gasteiger partial charge in [0, 0.05) is 4.88 Å². The van der Waals surface area contributed by atoms with Gasteiger partial charge in [-0.3, -0.25) is 4.79 Å². The molecule has 2 aromatic carbocycles. The van der Waals surface area contributed by atoms with Gasteiger partial charge < -0.3 is 10.1 Å². The minimum Gasteiger partial charge on any atom is -0.449 e. The number of nitrogens with zero attached hydrogens (tertiary/aromatic N) is 1. The molecule has 0 aliphatic carbocycles. The van der Waals surface area contributed by atoms with Gasteiger partial charge in [0.15, 0.2) is 6.10 Å². The molecule has 1 heterocycles. The Kier molecular flexibility index (Phi) is 6.79. The minimum atomic E-state index is -1.04. The first-order valence-corrected chi connectivity index (χ1v) is 10.2. The molecule has 0 aliphatic rings. The third-order valence-electron chi connectivity index (χ3n) is 4.32. The maximum atomic E-state index is 12.9. The number of nitriles is 1. The lowest BCUT2D eigenvalue weighted by Gasteiger charge is -2.15. The van der Waals surface area contributed by atoms with Gasteiger partial charge in [0.05, 0.1) is 16.8 Å². The molecule has 0 fully saturated rings. The topological polar surface area (TPSA) is 79.2 Å². The molecular weight excluding hydrogens is 396 g/mol. The Hall–Kier alpha value is -3.69.